The summed E-state index contributed by atoms with van der Waals surface area (Å²) < 4.78 is 16.7. The lowest BCUT2D eigenvalue weighted by Crippen LogP contribution is -2.30. The molecule has 1 unspecified atom stereocenters. The Morgan fingerprint density at radius 3 is 0.957 bits per heavy atom. The average molecular weight is 968 g/mol. The van der Waals surface area contributed by atoms with Gasteiger partial charge in [0.2, 0.25) is 0 Å². The monoisotopic (exact) mass is 967 g/mol. The second-order valence-electron chi connectivity index (χ2n) is 18.1. The minimum absolute atomic E-state index is 0.0874. The fourth-order valence-corrected chi connectivity index (χ4v) is 7.24. The van der Waals surface area contributed by atoms with Gasteiger partial charge in [0.25, 0.3) is 0 Å². The van der Waals surface area contributed by atoms with Gasteiger partial charge in [-0.2, -0.15) is 0 Å². The lowest BCUT2D eigenvalue weighted by Gasteiger charge is -2.18. The molecule has 0 N–H and O–H groups in total. The van der Waals surface area contributed by atoms with Crippen LogP contribution in [0.2, 0.25) is 0 Å². The van der Waals surface area contributed by atoms with Gasteiger partial charge in [-0.3, -0.25) is 14.4 Å². The maximum atomic E-state index is 12.8. The molecule has 0 fully saturated rings. The summed E-state index contributed by atoms with van der Waals surface area (Å²) in [7, 11) is 0. The van der Waals surface area contributed by atoms with Crippen LogP contribution in [0.25, 0.3) is 0 Å². The Balaban J connectivity index is 4.49. The van der Waals surface area contributed by atoms with E-state index in [1.54, 1.807) is 6.08 Å². The summed E-state index contributed by atoms with van der Waals surface area (Å²) in [5, 5.41) is 0. The Labute approximate surface area is 430 Å². The van der Waals surface area contributed by atoms with Crippen molar-refractivity contribution in [3.63, 3.8) is 0 Å². The quantitative estimate of drug-likeness (QED) is 0.0262. The van der Waals surface area contributed by atoms with E-state index in [1.165, 1.54) is 70.6 Å². The van der Waals surface area contributed by atoms with E-state index >= 15 is 0 Å². The van der Waals surface area contributed by atoms with Crippen molar-refractivity contribution in [1.82, 2.24) is 0 Å². The summed E-state index contributed by atoms with van der Waals surface area (Å²) in [6, 6.07) is 0. The average Bonchev–Trinajstić information content (AvgIpc) is 3.36. The molecule has 0 heterocycles. The fourth-order valence-electron chi connectivity index (χ4n) is 7.24. The fraction of sp³-hybridized carbons (Fsp3) is 0.609. The van der Waals surface area contributed by atoms with E-state index < -0.39 is 12.1 Å². The van der Waals surface area contributed by atoms with Crippen LogP contribution in [0, 0.1) is 0 Å². The zero-order valence-corrected chi connectivity index (χ0v) is 45.0. The molecule has 394 valence electrons. The van der Waals surface area contributed by atoms with Gasteiger partial charge in [-0.05, 0) is 116 Å². The predicted octanol–water partition coefficient (Wildman–Crippen LogP) is 19.0. The molecule has 0 aromatic carbocycles. The summed E-state index contributed by atoms with van der Waals surface area (Å²) in [4.78, 5) is 38.1. The van der Waals surface area contributed by atoms with Crippen LogP contribution in [-0.2, 0) is 28.6 Å². The number of ether oxygens (including phenoxy) is 3. The molecule has 0 saturated heterocycles. The molecule has 0 aliphatic heterocycles. The number of carbonyl (C=O) groups excluding carboxylic acids is 3. The third kappa shape index (κ3) is 54.5. The molecular weight excluding hydrogens is 865 g/mol. The second-order valence-corrected chi connectivity index (χ2v) is 18.1. The Kier molecular flexibility index (Phi) is 53.5. The summed E-state index contributed by atoms with van der Waals surface area (Å²) >= 11 is 0. The molecule has 0 aliphatic carbocycles. The lowest BCUT2D eigenvalue weighted by molar-refractivity contribution is -0.166. The zero-order valence-electron chi connectivity index (χ0n) is 45.0. The van der Waals surface area contributed by atoms with Crippen molar-refractivity contribution in [2.24, 2.45) is 0 Å². The summed E-state index contributed by atoms with van der Waals surface area (Å²) in [6.07, 6.45) is 80.4. The van der Waals surface area contributed by atoms with E-state index in [0.29, 0.717) is 19.3 Å². The third-order valence-electron chi connectivity index (χ3n) is 11.4. The topological polar surface area (TPSA) is 78.9 Å². The third-order valence-corrected chi connectivity index (χ3v) is 11.4. The van der Waals surface area contributed by atoms with Gasteiger partial charge in [0.05, 0.1) is 6.42 Å². The Morgan fingerprint density at radius 2 is 0.600 bits per heavy atom. The first-order chi connectivity index (χ1) is 34.5. The smallest absolute Gasteiger partial charge is 0.310 e. The van der Waals surface area contributed by atoms with E-state index in [-0.39, 0.29) is 31.6 Å². The molecule has 0 aromatic rings. The molecule has 0 spiro atoms. The van der Waals surface area contributed by atoms with Crippen molar-refractivity contribution in [1.29, 1.82) is 0 Å². The Morgan fingerprint density at radius 1 is 0.314 bits per heavy atom. The summed E-state index contributed by atoms with van der Waals surface area (Å²) in [5.41, 5.74) is 0. The van der Waals surface area contributed by atoms with Crippen LogP contribution in [0.3, 0.4) is 0 Å². The van der Waals surface area contributed by atoms with Crippen molar-refractivity contribution < 1.29 is 28.6 Å². The molecule has 0 saturated carbocycles. The molecular formula is C64H102O6. The molecule has 0 rings (SSSR count). The molecule has 0 aromatic heterocycles. The van der Waals surface area contributed by atoms with Gasteiger partial charge in [0, 0.05) is 12.8 Å². The normalized spacial score (nSPS) is 13.1. The van der Waals surface area contributed by atoms with Crippen molar-refractivity contribution in [3.8, 4) is 0 Å². The number of allylic oxidation sites excluding steroid dienone is 21. The van der Waals surface area contributed by atoms with Gasteiger partial charge >= 0.3 is 17.9 Å². The van der Waals surface area contributed by atoms with Gasteiger partial charge < -0.3 is 14.2 Å². The highest BCUT2D eigenvalue weighted by Crippen LogP contribution is 2.13. The van der Waals surface area contributed by atoms with Gasteiger partial charge in [0.1, 0.15) is 13.2 Å². The summed E-state index contributed by atoms with van der Waals surface area (Å²) in [5.74, 6) is -1.08. The molecule has 0 aliphatic rings. The van der Waals surface area contributed by atoms with Crippen LogP contribution in [0.4, 0.5) is 0 Å². The van der Waals surface area contributed by atoms with E-state index in [0.717, 1.165) is 116 Å². The van der Waals surface area contributed by atoms with E-state index in [9.17, 15) is 14.4 Å². The standard InChI is InChI=1S/C64H102O6/c1-4-7-10-13-16-19-22-25-28-29-30-31-32-33-34-35-37-39-42-45-48-51-54-57-63(66)69-60-61(59-68-62(65)56-53-50-47-44-41-38-27-24-21-18-15-12-9-6-3)70-64(67)58-55-52-49-46-43-40-36-26-23-20-17-14-11-8-5-2/h7-8,10-11,16-17,19-20,24-28,30-31,33-34,36,43,46,52,55,61H,4-6,9,12-15,18,21-23,29,32,35,37-42,44-45,47-51,53-54,56-60H2,1-3H3/b10-7-,11-8-,19-16-,20-17-,27-24-,28-25-,31-30-,34-33-,36-26-,46-43-,55-52-. The lowest BCUT2D eigenvalue weighted by atomic mass is 10.1. The Hall–Kier alpha value is -4.45. The van der Waals surface area contributed by atoms with Crippen LogP contribution in [0.15, 0.2) is 134 Å². The number of rotatable bonds is 49. The molecule has 6 heteroatoms. The minimum atomic E-state index is -0.845. The number of esters is 3. The first-order valence-corrected chi connectivity index (χ1v) is 28.2. The number of unbranched alkanes of at least 4 members (excludes halogenated alkanes) is 17. The van der Waals surface area contributed by atoms with Gasteiger partial charge in [0.15, 0.2) is 6.10 Å². The van der Waals surface area contributed by atoms with E-state index in [4.69, 9.17) is 14.2 Å². The highest BCUT2D eigenvalue weighted by Gasteiger charge is 2.19. The number of hydrogen-bond acceptors (Lipinski definition) is 6. The van der Waals surface area contributed by atoms with Crippen molar-refractivity contribution in [3.05, 3.63) is 134 Å². The van der Waals surface area contributed by atoms with Crippen LogP contribution >= 0.6 is 0 Å². The highest BCUT2D eigenvalue weighted by atomic mass is 16.6. The van der Waals surface area contributed by atoms with Gasteiger partial charge in [-0.15, -0.1) is 0 Å². The number of carbonyl (C=O) groups is 3. The molecule has 0 amide bonds. The van der Waals surface area contributed by atoms with E-state index in [1.807, 2.05) is 6.08 Å². The van der Waals surface area contributed by atoms with Crippen LogP contribution in [-0.4, -0.2) is 37.2 Å². The van der Waals surface area contributed by atoms with Crippen LogP contribution in [0.5, 0.6) is 0 Å². The van der Waals surface area contributed by atoms with E-state index in [2.05, 4.69) is 142 Å². The molecule has 6 nitrogen and oxygen atoms in total. The van der Waals surface area contributed by atoms with Crippen molar-refractivity contribution in [2.75, 3.05) is 13.2 Å². The van der Waals surface area contributed by atoms with Gasteiger partial charge in [-0.1, -0.05) is 231 Å². The molecule has 1 atom stereocenters. The highest BCUT2D eigenvalue weighted by molar-refractivity contribution is 5.72. The Bertz CT molecular complexity index is 1530. The molecule has 0 radical (unpaired) electrons. The van der Waals surface area contributed by atoms with Crippen molar-refractivity contribution in [2.45, 2.75) is 239 Å². The van der Waals surface area contributed by atoms with Crippen LogP contribution < -0.4 is 0 Å². The zero-order chi connectivity index (χ0) is 50.7. The van der Waals surface area contributed by atoms with Crippen molar-refractivity contribution >= 4 is 17.9 Å². The minimum Gasteiger partial charge on any atom is -0.462 e. The maximum Gasteiger partial charge on any atom is 0.310 e. The largest absolute Gasteiger partial charge is 0.462 e. The summed E-state index contributed by atoms with van der Waals surface area (Å²) in [6.45, 7) is 6.29. The second kappa shape index (κ2) is 57.1. The molecule has 0 bridgehead atoms. The first kappa shape index (κ1) is 65.5. The SMILES string of the molecule is CC/C=C\C/C=C\C/C=C\C/C=C\C/C=C\CCCCCCCCCC(=O)OCC(COC(=O)CCCCCCC/C=C\CCCCCCC)OC(=O)C/C=C\C/C=C\C/C=C\C/C=C\C/C=C\CC. The maximum absolute atomic E-state index is 12.8. The predicted molar refractivity (Wildman–Crippen MR) is 302 cm³/mol. The number of hydrogen-bond donors (Lipinski definition) is 0. The first-order valence-electron chi connectivity index (χ1n) is 28.2. The van der Waals surface area contributed by atoms with Crippen LogP contribution in [0.1, 0.15) is 233 Å². The molecule has 70 heavy (non-hydrogen) atoms. The van der Waals surface area contributed by atoms with Gasteiger partial charge in [-0.25, -0.2) is 0 Å².